The van der Waals surface area contributed by atoms with E-state index in [-0.39, 0.29) is 11.1 Å². The van der Waals surface area contributed by atoms with Crippen LogP contribution in [0.3, 0.4) is 0 Å². The fourth-order valence-electron chi connectivity index (χ4n) is 4.66. The predicted molar refractivity (Wildman–Crippen MR) is 137 cm³/mol. The predicted octanol–water partition coefficient (Wildman–Crippen LogP) is -2.76. The molecule has 3 aromatic rings. The van der Waals surface area contributed by atoms with Crippen LogP contribution in [0.15, 0.2) is 39.5 Å². The van der Waals surface area contributed by atoms with Crippen molar-refractivity contribution in [3.05, 3.63) is 40.6 Å². The third-order valence-electron chi connectivity index (χ3n) is 7.03. The quantitative estimate of drug-likeness (QED) is 0.126. The molecule has 3 heterocycles. The Kier molecular flexibility index (Phi) is 8.38. The molecule has 5 rings (SSSR count). The summed E-state index contributed by atoms with van der Waals surface area (Å²) in [5.41, 5.74) is -1.42. The molecule has 17 heteroatoms. The minimum atomic E-state index is -2.01. The molecular weight excluding hydrogens is 584 g/mol. The van der Waals surface area contributed by atoms with Crippen LogP contribution in [0.5, 0.6) is 28.7 Å². The molecule has 0 saturated carbocycles. The number of rotatable bonds is 6. The van der Waals surface area contributed by atoms with Gasteiger partial charge in [-0.2, -0.15) is 0 Å². The van der Waals surface area contributed by atoms with Crippen molar-refractivity contribution in [2.75, 3.05) is 6.61 Å². The summed E-state index contributed by atoms with van der Waals surface area (Å²) in [6.07, 6.45) is -18.5. The van der Waals surface area contributed by atoms with E-state index in [2.05, 4.69) is 0 Å². The van der Waals surface area contributed by atoms with Crippen LogP contribution in [0.4, 0.5) is 0 Å². The highest BCUT2D eigenvalue weighted by Crippen LogP contribution is 2.39. The van der Waals surface area contributed by atoms with Crippen molar-refractivity contribution in [1.82, 2.24) is 0 Å². The van der Waals surface area contributed by atoms with E-state index in [4.69, 9.17) is 23.4 Å². The van der Waals surface area contributed by atoms with Gasteiger partial charge < -0.3 is 79.5 Å². The summed E-state index contributed by atoms with van der Waals surface area (Å²) in [7, 11) is 0. The molecule has 17 nitrogen and oxygen atoms in total. The number of aliphatic hydroxyl groups is 7. The van der Waals surface area contributed by atoms with Gasteiger partial charge in [0.25, 0.3) is 0 Å². The highest BCUT2D eigenvalue weighted by molar-refractivity contribution is 5.88. The molecular formula is C26H28O17. The first kappa shape index (κ1) is 30.7. The molecule has 234 valence electrons. The number of aromatic hydroxyl groups is 4. The number of phenols is 4. The Balaban J connectivity index is 1.48. The second kappa shape index (κ2) is 11.7. The van der Waals surface area contributed by atoms with Crippen molar-refractivity contribution in [2.45, 2.75) is 61.6 Å². The SMILES string of the molecule is O=c1c(OC2OC(COC3OC(O)C(O)C(O)C3O)C(O)C(O)C2O)c(-c2ccc(O)c(O)c2)oc2cc(O)cc(O)c12. The molecule has 10 unspecified atom stereocenters. The number of fused-ring (bicyclic) bond motifs is 1. The van der Waals surface area contributed by atoms with Crippen LogP contribution >= 0.6 is 0 Å². The second-order valence-electron chi connectivity index (χ2n) is 9.96. The molecule has 10 atom stereocenters. The lowest BCUT2D eigenvalue weighted by Crippen LogP contribution is -2.62. The van der Waals surface area contributed by atoms with Crippen LogP contribution in [0.25, 0.3) is 22.3 Å². The van der Waals surface area contributed by atoms with Crippen molar-refractivity contribution in [3.63, 3.8) is 0 Å². The van der Waals surface area contributed by atoms with Gasteiger partial charge in [-0.3, -0.25) is 4.79 Å². The van der Waals surface area contributed by atoms with Crippen molar-refractivity contribution in [1.29, 1.82) is 0 Å². The van der Waals surface area contributed by atoms with Crippen LogP contribution in [0, 0.1) is 0 Å². The summed E-state index contributed by atoms with van der Waals surface area (Å²) in [5.74, 6) is -3.46. The summed E-state index contributed by atoms with van der Waals surface area (Å²) in [4.78, 5) is 13.5. The van der Waals surface area contributed by atoms with E-state index in [1.807, 2.05) is 0 Å². The van der Waals surface area contributed by atoms with E-state index in [9.17, 15) is 61.0 Å². The molecule has 0 spiro atoms. The minimum absolute atomic E-state index is 0.0550. The Morgan fingerprint density at radius 1 is 0.698 bits per heavy atom. The summed E-state index contributed by atoms with van der Waals surface area (Å²) >= 11 is 0. The molecule has 0 amide bonds. The van der Waals surface area contributed by atoms with Crippen LogP contribution < -0.4 is 10.2 Å². The normalized spacial score (nSPS) is 33.0. The molecule has 2 aromatic carbocycles. The van der Waals surface area contributed by atoms with Crippen LogP contribution in [0.1, 0.15) is 0 Å². The summed E-state index contributed by atoms with van der Waals surface area (Å²) in [6.45, 7) is -0.715. The van der Waals surface area contributed by atoms with Crippen LogP contribution in [-0.4, -0.2) is 124 Å². The highest BCUT2D eigenvalue weighted by Gasteiger charge is 2.48. The van der Waals surface area contributed by atoms with Gasteiger partial charge in [0.15, 0.2) is 29.8 Å². The molecule has 43 heavy (non-hydrogen) atoms. The lowest BCUT2D eigenvalue weighted by Gasteiger charge is -2.42. The van der Waals surface area contributed by atoms with Gasteiger partial charge in [-0.05, 0) is 18.2 Å². The van der Waals surface area contributed by atoms with Gasteiger partial charge in [0.2, 0.25) is 17.5 Å². The number of ether oxygens (including phenoxy) is 4. The summed E-state index contributed by atoms with van der Waals surface area (Å²) in [6, 6.07) is 5.14. The van der Waals surface area contributed by atoms with Crippen LogP contribution in [-0.2, 0) is 14.2 Å². The van der Waals surface area contributed by atoms with Gasteiger partial charge >= 0.3 is 0 Å². The minimum Gasteiger partial charge on any atom is -0.508 e. The molecule has 1 aromatic heterocycles. The first-order chi connectivity index (χ1) is 20.3. The van der Waals surface area contributed by atoms with Crippen molar-refractivity contribution in [2.24, 2.45) is 0 Å². The molecule has 2 aliphatic rings. The first-order valence-corrected chi connectivity index (χ1v) is 12.7. The second-order valence-corrected chi connectivity index (χ2v) is 9.96. The zero-order valence-electron chi connectivity index (χ0n) is 21.7. The molecule has 11 N–H and O–H groups in total. The number of hydrogen-bond donors (Lipinski definition) is 11. The van der Waals surface area contributed by atoms with E-state index >= 15 is 0 Å². The highest BCUT2D eigenvalue weighted by atomic mass is 16.8. The van der Waals surface area contributed by atoms with Gasteiger partial charge in [-0.25, -0.2) is 0 Å². The first-order valence-electron chi connectivity index (χ1n) is 12.7. The zero-order chi connectivity index (χ0) is 31.3. The maximum atomic E-state index is 13.5. The Labute approximate surface area is 239 Å². The molecule has 0 aliphatic carbocycles. The van der Waals surface area contributed by atoms with Gasteiger partial charge in [0.05, 0.1) is 6.61 Å². The lowest BCUT2D eigenvalue weighted by molar-refractivity contribution is -0.350. The average molecular weight is 612 g/mol. The Bertz CT molecular complexity index is 1540. The van der Waals surface area contributed by atoms with Crippen LogP contribution in [0.2, 0.25) is 0 Å². The Morgan fingerprint density at radius 2 is 1.37 bits per heavy atom. The average Bonchev–Trinajstić information content (AvgIpc) is 2.96. The zero-order valence-corrected chi connectivity index (χ0v) is 21.7. The van der Waals surface area contributed by atoms with E-state index in [1.165, 1.54) is 6.07 Å². The van der Waals surface area contributed by atoms with Gasteiger partial charge in [0.1, 0.15) is 65.2 Å². The van der Waals surface area contributed by atoms with Crippen molar-refractivity contribution in [3.8, 4) is 40.1 Å². The largest absolute Gasteiger partial charge is 0.508 e. The van der Waals surface area contributed by atoms with E-state index in [0.29, 0.717) is 0 Å². The standard InChI is InChI=1S/C26H28O17/c27-8-4-11(30)14-12(5-8)40-22(7-1-2-9(28)10(29)3-7)23(16(14)32)42-26-21(37)17(33)15(31)13(41-26)6-39-25-20(36)18(34)19(35)24(38)43-25/h1-5,13,15,17-21,24-31,33-38H,6H2. The fraction of sp³-hybridized carbons (Fsp3) is 0.423. The topological polar surface area (TPSA) is 290 Å². The molecule has 2 fully saturated rings. The van der Waals surface area contributed by atoms with E-state index in [1.54, 1.807) is 0 Å². The number of phenolic OH excluding ortho intramolecular Hbond substituents is 4. The third-order valence-corrected chi connectivity index (χ3v) is 7.03. The third kappa shape index (κ3) is 5.66. The molecule has 0 radical (unpaired) electrons. The van der Waals surface area contributed by atoms with E-state index in [0.717, 1.165) is 24.3 Å². The fourth-order valence-corrected chi connectivity index (χ4v) is 4.66. The van der Waals surface area contributed by atoms with Gasteiger partial charge in [-0.1, -0.05) is 0 Å². The van der Waals surface area contributed by atoms with Gasteiger partial charge in [0, 0.05) is 17.7 Å². The monoisotopic (exact) mass is 612 g/mol. The molecule has 2 saturated heterocycles. The van der Waals surface area contributed by atoms with Crippen molar-refractivity contribution < 1.29 is 79.5 Å². The number of hydrogen-bond acceptors (Lipinski definition) is 17. The summed E-state index contributed by atoms with van der Waals surface area (Å²) in [5, 5.41) is 110. The molecule has 2 aliphatic heterocycles. The van der Waals surface area contributed by atoms with E-state index < -0.39 is 114 Å². The smallest absolute Gasteiger partial charge is 0.239 e. The summed E-state index contributed by atoms with van der Waals surface area (Å²) < 4.78 is 27.1. The van der Waals surface area contributed by atoms with Crippen molar-refractivity contribution >= 4 is 11.0 Å². The number of benzene rings is 2. The Hall–Kier alpha value is -3.75. The van der Waals surface area contributed by atoms with Gasteiger partial charge in [-0.15, -0.1) is 0 Å². The number of aliphatic hydroxyl groups excluding tert-OH is 7. The maximum absolute atomic E-state index is 13.5. The molecule has 0 bridgehead atoms. The lowest BCUT2D eigenvalue weighted by atomic mass is 9.99. The Morgan fingerprint density at radius 3 is 2.07 bits per heavy atom. The maximum Gasteiger partial charge on any atom is 0.239 e.